The van der Waals surface area contributed by atoms with E-state index >= 15 is 0 Å². The molecular weight excluding hydrogens is 148 g/mol. The van der Waals surface area contributed by atoms with Crippen molar-refractivity contribution in [3.05, 3.63) is 0 Å². The molecule has 0 saturated carbocycles. The minimum atomic E-state index is 0.820. The SMILES string of the molecule is CCCC1CCCCN1CCN. The monoisotopic (exact) mass is 170 g/mol. The second kappa shape index (κ2) is 5.55. The first kappa shape index (κ1) is 10.0. The molecule has 0 aliphatic carbocycles. The van der Waals surface area contributed by atoms with Crippen LogP contribution in [-0.2, 0) is 0 Å². The van der Waals surface area contributed by atoms with Crippen LogP contribution in [0.4, 0.5) is 0 Å². The van der Waals surface area contributed by atoms with Gasteiger partial charge in [0, 0.05) is 19.1 Å². The van der Waals surface area contributed by atoms with Gasteiger partial charge < -0.3 is 5.73 Å². The van der Waals surface area contributed by atoms with Crippen molar-refractivity contribution >= 4 is 0 Å². The molecule has 0 radical (unpaired) electrons. The van der Waals surface area contributed by atoms with E-state index in [1.54, 1.807) is 0 Å². The Balaban J connectivity index is 2.31. The molecule has 1 rings (SSSR count). The summed E-state index contributed by atoms with van der Waals surface area (Å²) in [6, 6.07) is 0.840. The highest BCUT2D eigenvalue weighted by Crippen LogP contribution is 2.19. The van der Waals surface area contributed by atoms with Gasteiger partial charge in [0.1, 0.15) is 0 Å². The molecule has 2 N–H and O–H groups in total. The fourth-order valence-corrected chi connectivity index (χ4v) is 2.18. The van der Waals surface area contributed by atoms with Crippen molar-refractivity contribution in [1.29, 1.82) is 0 Å². The number of piperidine rings is 1. The highest BCUT2D eigenvalue weighted by atomic mass is 15.2. The first-order valence-electron chi connectivity index (χ1n) is 5.32. The summed E-state index contributed by atoms with van der Waals surface area (Å²) in [5.41, 5.74) is 5.58. The van der Waals surface area contributed by atoms with Crippen LogP contribution in [0, 0.1) is 0 Å². The third kappa shape index (κ3) is 2.76. The Morgan fingerprint density at radius 1 is 1.42 bits per heavy atom. The summed E-state index contributed by atoms with van der Waals surface area (Å²) < 4.78 is 0. The molecule has 2 nitrogen and oxygen atoms in total. The normalized spacial score (nSPS) is 26.0. The number of likely N-dealkylation sites (tertiary alicyclic amines) is 1. The average molecular weight is 170 g/mol. The Morgan fingerprint density at radius 3 is 2.92 bits per heavy atom. The Morgan fingerprint density at radius 2 is 2.25 bits per heavy atom. The van der Waals surface area contributed by atoms with Gasteiger partial charge in [0.15, 0.2) is 0 Å². The Labute approximate surface area is 76.1 Å². The minimum absolute atomic E-state index is 0.820. The molecule has 0 amide bonds. The van der Waals surface area contributed by atoms with E-state index in [0.717, 1.165) is 19.1 Å². The van der Waals surface area contributed by atoms with Crippen LogP contribution < -0.4 is 5.73 Å². The molecule has 1 aliphatic rings. The van der Waals surface area contributed by atoms with E-state index in [1.807, 2.05) is 0 Å². The van der Waals surface area contributed by atoms with E-state index in [-0.39, 0.29) is 0 Å². The predicted octanol–water partition coefficient (Wildman–Crippen LogP) is 1.60. The van der Waals surface area contributed by atoms with Crippen LogP contribution >= 0.6 is 0 Å². The van der Waals surface area contributed by atoms with Gasteiger partial charge >= 0.3 is 0 Å². The van der Waals surface area contributed by atoms with E-state index in [4.69, 9.17) is 5.73 Å². The number of hydrogen-bond donors (Lipinski definition) is 1. The number of hydrogen-bond acceptors (Lipinski definition) is 2. The number of nitrogens with zero attached hydrogens (tertiary/aromatic N) is 1. The van der Waals surface area contributed by atoms with Gasteiger partial charge in [-0.15, -0.1) is 0 Å². The molecule has 0 aromatic rings. The average Bonchev–Trinajstić information content (AvgIpc) is 2.09. The van der Waals surface area contributed by atoms with Gasteiger partial charge in [-0.2, -0.15) is 0 Å². The standard InChI is InChI=1S/C10H22N2/c1-2-5-10-6-3-4-8-12(10)9-7-11/h10H,2-9,11H2,1H3. The van der Waals surface area contributed by atoms with Gasteiger partial charge in [0.05, 0.1) is 0 Å². The van der Waals surface area contributed by atoms with Gasteiger partial charge in [-0.1, -0.05) is 19.8 Å². The molecule has 2 heteroatoms. The molecule has 1 fully saturated rings. The number of nitrogens with two attached hydrogens (primary N) is 1. The topological polar surface area (TPSA) is 29.3 Å². The van der Waals surface area contributed by atoms with Crippen molar-refractivity contribution in [2.45, 2.75) is 45.1 Å². The molecule has 1 atom stereocenters. The van der Waals surface area contributed by atoms with E-state index in [0.29, 0.717) is 0 Å². The van der Waals surface area contributed by atoms with Crippen molar-refractivity contribution in [3.8, 4) is 0 Å². The third-order valence-corrected chi connectivity index (χ3v) is 2.79. The first-order valence-corrected chi connectivity index (χ1v) is 5.32. The van der Waals surface area contributed by atoms with Crippen LogP contribution in [0.25, 0.3) is 0 Å². The highest BCUT2D eigenvalue weighted by molar-refractivity contribution is 4.76. The quantitative estimate of drug-likeness (QED) is 0.694. The lowest BCUT2D eigenvalue weighted by atomic mass is 9.98. The van der Waals surface area contributed by atoms with Gasteiger partial charge in [-0.3, -0.25) is 4.90 Å². The molecule has 1 aliphatic heterocycles. The van der Waals surface area contributed by atoms with Crippen LogP contribution in [0.1, 0.15) is 39.0 Å². The van der Waals surface area contributed by atoms with Crippen molar-refractivity contribution in [1.82, 2.24) is 4.90 Å². The van der Waals surface area contributed by atoms with Gasteiger partial charge in [-0.05, 0) is 25.8 Å². The lowest BCUT2D eigenvalue weighted by molar-refractivity contribution is 0.144. The number of rotatable bonds is 4. The summed E-state index contributed by atoms with van der Waals surface area (Å²) in [5.74, 6) is 0. The molecule has 0 spiro atoms. The Hall–Kier alpha value is -0.0800. The summed E-state index contributed by atoms with van der Waals surface area (Å²) in [6.07, 6.45) is 6.87. The highest BCUT2D eigenvalue weighted by Gasteiger charge is 2.19. The zero-order valence-electron chi connectivity index (χ0n) is 8.26. The summed E-state index contributed by atoms with van der Waals surface area (Å²) in [6.45, 7) is 5.47. The van der Waals surface area contributed by atoms with Gasteiger partial charge in [-0.25, -0.2) is 0 Å². The van der Waals surface area contributed by atoms with Gasteiger partial charge in [0.2, 0.25) is 0 Å². The molecule has 72 valence electrons. The molecular formula is C10H22N2. The molecule has 1 saturated heterocycles. The fourth-order valence-electron chi connectivity index (χ4n) is 2.18. The predicted molar refractivity (Wildman–Crippen MR) is 53.2 cm³/mol. The van der Waals surface area contributed by atoms with Crippen molar-refractivity contribution in [3.63, 3.8) is 0 Å². The molecule has 1 heterocycles. The smallest absolute Gasteiger partial charge is 0.0108 e. The lowest BCUT2D eigenvalue weighted by Crippen LogP contribution is -2.42. The molecule has 0 aromatic heterocycles. The fraction of sp³-hybridized carbons (Fsp3) is 1.00. The van der Waals surface area contributed by atoms with E-state index in [9.17, 15) is 0 Å². The van der Waals surface area contributed by atoms with Crippen LogP contribution in [-0.4, -0.2) is 30.6 Å². The summed E-state index contributed by atoms with van der Waals surface area (Å²) in [7, 11) is 0. The minimum Gasteiger partial charge on any atom is -0.329 e. The zero-order chi connectivity index (χ0) is 8.81. The van der Waals surface area contributed by atoms with E-state index in [2.05, 4.69) is 11.8 Å². The second-order valence-corrected chi connectivity index (χ2v) is 3.76. The summed E-state index contributed by atoms with van der Waals surface area (Å²) in [4.78, 5) is 2.58. The second-order valence-electron chi connectivity index (χ2n) is 3.76. The maximum atomic E-state index is 5.58. The van der Waals surface area contributed by atoms with Crippen LogP contribution in [0.3, 0.4) is 0 Å². The molecule has 12 heavy (non-hydrogen) atoms. The maximum absolute atomic E-state index is 5.58. The summed E-state index contributed by atoms with van der Waals surface area (Å²) in [5, 5.41) is 0. The van der Waals surface area contributed by atoms with E-state index < -0.39 is 0 Å². The molecule has 1 unspecified atom stereocenters. The van der Waals surface area contributed by atoms with Crippen LogP contribution in [0.15, 0.2) is 0 Å². The summed E-state index contributed by atoms with van der Waals surface area (Å²) >= 11 is 0. The van der Waals surface area contributed by atoms with Gasteiger partial charge in [0.25, 0.3) is 0 Å². The zero-order valence-corrected chi connectivity index (χ0v) is 8.26. The lowest BCUT2D eigenvalue weighted by Gasteiger charge is -2.35. The Kier molecular flexibility index (Phi) is 4.62. The largest absolute Gasteiger partial charge is 0.329 e. The Bertz CT molecular complexity index is 96.4. The third-order valence-electron chi connectivity index (χ3n) is 2.79. The van der Waals surface area contributed by atoms with Crippen molar-refractivity contribution in [2.24, 2.45) is 5.73 Å². The van der Waals surface area contributed by atoms with E-state index in [1.165, 1.54) is 38.6 Å². The first-order chi connectivity index (χ1) is 5.88. The maximum Gasteiger partial charge on any atom is 0.0108 e. The van der Waals surface area contributed by atoms with Crippen LogP contribution in [0.5, 0.6) is 0 Å². The van der Waals surface area contributed by atoms with Crippen molar-refractivity contribution < 1.29 is 0 Å². The molecule has 0 bridgehead atoms. The molecule has 0 aromatic carbocycles. The van der Waals surface area contributed by atoms with Crippen LogP contribution in [0.2, 0.25) is 0 Å². The van der Waals surface area contributed by atoms with Crippen molar-refractivity contribution in [2.75, 3.05) is 19.6 Å².